The molecule has 0 spiro atoms. The van der Waals surface area contributed by atoms with E-state index in [0.29, 0.717) is 48.8 Å². The highest BCUT2D eigenvalue weighted by atomic mass is 32.1. The quantitative estimate of drug-likeness (QED) is 0.331. The Labute approximate surface area is 218 Å². The Kier molecular flexibility index (Phi) is 5.02. The fourth-order valence-corrected chi connectivity index (χ4v) is 7.73. The summed E-state index contributed by atoms with van der Waals surface area (Å²) in [4.78, 5) is 33.7. The molecule has 0 bridgehead atoms. The van der Waals surface area contributed by atoms with Crippen LogP contribution in [-0.2, 0) is 21.3 Å². The first-order chi connectivity index (χ1) is 18.2. The summed E-state index contributed by atoms with van der Waals surface area (Å²) in [7, 11) is 0. The summed E-state index contributed by atoms with van der Waals surface area (Å²) >= 11 is 2.83. The zero-order valence-corrected chi connectivity index (χ0v) is 20.9. The van der Waals surface area contributed by atoms with Gasteiger partial charge >= 0.3 is 0 Å². The molecule has 0 saturated carbocycles. The Bertz CT molecular complexity index is 1420. The van der Waals surface area contributed by atoms with Gasteiger partial charge in [0, 0.05) is 48.7 Å². The molecule has 12 nitrogen and oxygen atoms in total. The number of nitrogens with one attached hydrogen (secondary N) is 2. The molecule has 2 fully saturated rings. The van der Waals surface area contributed by atoms with E-state index in [1.165, 1.54) is 35.5 Å². The maximum Gasteiger partial charge on any atom is 0.224 e. The van der Waals surface area contributed by atoms with Gasteiger partial charge in [-0.05, 0) is 30.1 Å². The number of hydrogen-bond donors (Lipinski definition) is 2. The third-order valence-electron chi connectivity index (χ3n) is 7.49. The van der Waals surface area contributed by atoms with Crippen molar-refractivity contribution in [3.63, 3.8) is 0 Å². The number of carbonyl (C=O) groups is 1. The Morgan fingerprint density at radius 1 is 1.05 bits per heavy atom. The van der Waals surface area contributed by atoms with Crippen molar-refractivity contribution < 1.29 is 9.32 Å². The van der Waals surface area contributed by atoms with Crippen LogP contribution in [-0.4, -0.2) is 63.6 Å². The minimum absolute atomic E-state index is 0.0119. The molecular formula is C23H20N10O2S2. The number of rotatable bonds is 6. The fourth-order valence-electron chi connectivity index (χ4n) is 6.26. The van der Waals surface area contributed by atoms with Crippen LogP contribution in [0.2, 0.25) is 0 Å². The van der Waals surface area contributed by atoms with Crippen molar-refractivity contribution in [3.8, 4) is 0 Å². The van der Waals surface area contributed by atoms with Gasteiger partial charge in [-0.15, -0.1) is 11.3 Å². The van der Waals surface area contributed by atoms with Gasteiger partial charge in [0.2, 0.25) is 5.91 Å². The zero-order valence-electron chi connectivity index (χ0n) is 19.3. The second-order valence-corrected chi connectivity index (χ2v) is 10.5. The molecule has 0 radical (unpaired) electrons. The SMILES string of the molecule is O=C1CCCN1C1(c2ncncn2)NCC(c2ccon2)(c2nccs2)C1(c1ccsn1)c1ccn[nH]1. The van der Waals surface area contributed by atoms with Crippen molar-refractivity contribution in [2.75, 3.05) is 13.1 Å². The average Bonchev–Trinajstić information content (AvgIpc) is 3.77. The van der Waals surface area contributed by atoms with Crippen molar-refractivity contribution in [2.45, 2.75) is 29.3 Å². The van der Waals surface area contributed by atoms with Gasteiger partial charge in [0.15, 0.2) is 11.5 Å². The van der Waals surface area contributed by atoms with E-state index < -0.39 is 16.5 Å². The van der Waals surface area contributed by atoms with Gasteiger partial charge in [0.05, 0.1) is 17.1 Å². The van der Waals surface area contributed by atoms with Crippen LogP contribution in [0.3, 0.4) is 0 Å². The smallest absolute Gasteiger partial charge is 0.224 e. The van der Waals surface area contributed by atoms with Crippen LogP contribution in [0.5, 0.6) is 0 Å². The number of aromatic amines is 1. The summed E-state index contributed by atoms with van der Waals surface area (Å²) in [6, 6.07) is 5.72. The van der Waals surface area contributed by atoms with Crippen molar-refractivity contribution >= 4 is 28.8 Å². The lowest BCUT2D eigenvalue weighted by molar-refractivity contribution is -0.138. The minimum Gasteiger partial charge on any atom is -0.364 e. The van der Waals surface area contributed by atoms with Crippen LogP contribution < -0.4 is 5.32 Å². The summed E-state index contributed by atoms with van der Waals surface area (Å²) in [5.74, 6) is 0.379. The maximum absolute atomic E-state index is 13.7. The van der Waals surface area contributed by atoms with Crippen molar-refractivity contribution in [3.05, 3.63) is 88.2 Å². The number of carbonyl (C=O) groups excluding carboxylic acids is 1. The number of hydrogen-bond acceptors (Lipinski definition) is 12. The van der Waals surface area contributed by atoms with E-state index in [1.807, 2.05) is 33.9 Å². The lowest BCUT2D eigenvalue weighted by Crippen LogP contribution is -2.68. The van der Waals surface area contributed by atoms with Crippen LogP contribution >= 0.6 is 22.9 Å². The van der Waals surface area contributed by atoms with Crippen molar-refractivity contribution in [2.24, 2.45) is 0 Å². The number of likely N-dealkylation sites (tertiary alicyclic amines) is 1. The first-order valence-corrected chi connectivity index (χ1v) is 13.4. The Morgan fingerprint density at radius 3 is 2.62 bits per heavy atom. The number of thiazole rings is 1. The first-order valence-electron chi connectivity index (χ1n) is 11.6. The highest BCUT2D eigenvalue weighted by Gasteiger charge is 2.78. The highest BCUT2D eigenvalue weighted by Crippen LogP contribution is 2.64. The predicted octanol–water partition coefficient (Wildman–Crippen LogP) is 1.85. The molecule has 0 aromatic carbocycles. The molecule has 2 aliphatic rings. The van der Waals surface area contributed by atoms with Crippen molar-refractivity contribution in [1.29, 1.82) is 0 Å². The van der Waals surface area contributed by atoms with Gasteiger partial charge in [0.1, 0.15) is 34.8 Å². The van der Waals surface area contributed by atoms with E-state index in [0.717, 1.165) is 5.01 Å². The van der Waals surface area contributed by atoms with Gasteiger partial charge in [-0.25, -0.2) is 19.9 Å². The van der Waals surface area contributed by atoms with Gasteiger partial charge in [-0.3, -0.25) is 15.2 Å². The second-order valence-electron chi connectivity index (χ2n) is 8.91. The fraction of sp³-hybridized carbons (Fsp3) is 0.304. The minimum atomic E-state index is -1.30. The van der Waals surface area contributed by atoms with E-state index in [-0.39, 0.29) is 5.91 Å². The van der Waals surface area contributed by atoms with Gasteiger partial charge < -0.3 is 9.42 Å². The van der Waals surface area contributed by atoms with E-state index in [9.17, 15) is 4.79 Å². The summed E-state index contributed by atoms with van der Waals surface area (Å²) in [5, 5.41) is 20.5. The Morgan fingerprint density at radius 2 is 1.97 bits per heavy atom. The zero-order chi connectivity index (χ0) is 24.9. The summed E-state index contributed by atoms with van der Waals surface area (Å²) in [6.07, 6.45) is 9.03. The molecule has 14 heteroatoms. The van der Waals surface area contributed by atoms with Gasteiger partial charge in [-0.2, -0.15) is 9.47 Å². The molecule has 3 atom stereocenters. The standard InChI is InChI=1S/C23H20N10O2S2/c34-18-2-1-8-33(18)23(19-26-13-24-14-27-19)22(16-3-6-29-30-16,17-5-10-37-32-17)21(12-28-23,15-4-9-35-31-15)20-25-7-11-36-20/h3-7,9-11,13-14,28H,1-2,8,12H2,(H,29,30). The third-order valence-corrected chi connectivity index (χ3v) is 8.98. The first kappa shape index (κ1) is 22.3. The normalized spacial score (nSPS) is 27.8. The Balaban J connectivity index is 1.71. The molecule has 5 aromatic heterocycles. The van der Waals surface area contributed by atoms with Gasteiger partial charge in [-0.1, -0.05) is 5.16 Å². The van der Waals surface area contributed by atoms with Gasteiger partial charge in [0.25, 0.3) is 0 Å². The topological polar surface area (TPSA) is 152 Å². The van der Waals surface area contributed by atoms with Crippen LogP contribution in [0, 0.1) is 0 Å². The average molecular weight is 533 g/mol. The van der Waals surface area contributed by atoms with Crippen LogP contribution in [0.1, 0.15) is 40.8 Å². The molecule has 2 saturated heterocycles. The number of amides is 1. The monoisotopic (exact) mass is 532 g/mol. The molecular weight excluding hydrogens is 512 g/mol. The number of H-pyrrole nitrogens is 1. The maximum atomic E-state index is 13.7. The summed E-state index contributed by atoms with van der Waals surface area (Å²) in [5.41, 5.74) is -1.43. The third kappa shape index (κ3) is 2.74. The highest BCUT2D eigenvalue weighted by molar-refractivity contribution is 7.09. The van der Waals surface area contributed by atoms with Crippen molar-refractivity contribution in [1.82, 2.24) is 49.9 Å². The molecule has 37 heavy (non-hydrogen) atoms. The molecule has 5 aromatic rings. The number of nitrogens with zero attached hydrogens (tertiary/aromatic N) is 8. The van der Waals surface area contributed by atoms with Crippen LogP contribution in [0.25, 0.3) is 0 Å². The molecule has 3 unspecified atom stereocenters. The molecule has 0 aliphatic carbocycles. The predicted molar refractivity (Wildman–Crippen MR) is 131 cm³/mol. The molecule has 2 N–H and O–H groups in total. The molecule has 7 heterocycles. The molecule has 7 rings (SSSR count). The second kappa shape index (κ2) is 8.33. The Hall–Kier alpha value is -3.88. The molecule has 2 aliphatic heterocycles. The molecule has 186 valence electrons. The van der Waals surface area contributed by atoms with E-state index in [4.69, 9.17) is 13.9 Å². The van der Waals surface area contributed by atoms with E-state index >= 15 is 0 Å². The summed E-state index contributed by atoms with van der Waals surface area (Å²) in [6.45, 7) is 0.837. The number of aromatic nitrogens is 8. The lowest BCUT2D eigenvalue weighted by atomic mass is 9.54. The van der Waals surface area contributed by atoms with Crippen LogP contribution in [0.4, 0.5) is 0 Å². The van der Waals surface area contributed by atoms with Crippen LogP contribution in [0.15, 0.2) is 64.8 Å². The largest absolute Gasteiger partial charge is 0.364 e. The van der Waals surface area contributed by atoms with E-state index in [2.05, 4.69) is 35.6 Å². The lowest BCUT2D eigenvalue weighted by Gasteiger charge is -2.52. The summed E-state index contributed by atoms with van der Waals surface area (Å²) < 4.78 is 10.4. The van der Waals surface area contributed by atoms with E-state index in [1.54, 1.807) is 18.7 Å². The molecule has 1 amide bonds.